The Morgan fingerprint density at radius 1 is 1.24 bits per heavy atom. The SMILES string of the molecule is CSc1ccc(C(=O)Nc2nc(-c3ccc4c(c3)CCO4)cs2)cc1. The van der Waals surface area contributed by atoms with Gasteiger partial charge in [0.05, 0.1) is 12.3 Å². The van der Waals surface area contributed by atoms with Crippen LogP contribution in [0.15, 0.2) is 52.7 Å². The van der Waals surface area contributed by atoms with Crippen LogP contribution in [0, 0.1) is 0 Å². The fourth-order valence-electron chi connectivity index (χ4n) is 2.72. The van der Waals surface area contributed by atoms with Crippen molar-refractivity contribution in [1.82, 2.24) is 4.98 Å². The number of fused-ring (bicyclic) bond motifs is 1. The lowest BCUT2D eigenvalue weighted by Crippen LogP contribution is -2.11. The normalized spacial score (nSPS) is 12.5. The Balaban J connectivity index is 1.50. The number of hydrogen-bond donors (Lipinski definition) is 1. The number of rotatable bonds is 4. The van der Waals surface area contributed by atoms with E-state index in [1.54, 1.807) is 11.8 Å². The van der Waals surface area contributed by atoms with Crippen LogP contribution in [0.25, 0.3) is 11.3 Å². The van der Waals surface area contributed by atoms with Gasteiger partial charge in [0.1, 0.15) is 5.75 Å². The first-order valence-corrected chi connectivity index (χ1v) is 10.0. The lowest BCUT2D eigenvalue weighted by atomic mass is 10.1. The van der Waals surface area contributed by atoms with E-state index in [9.17, 15) is 4.79 Å². The molecule has 0 bridgehead atoms. The molecule has 6 heteroatoms. The minimum Gasteiger partial charge on any atom is -0.493 e. The third-order valence-electron chi connectivity index (χ3n) is 4.06. The molecule has 2 aromatic carbocycles. The van der Waals surface area contributed by atoms with Crippen LogP contribution in [0.3, 0.4) is 0 Å². The van der Waals surface area contributed by atoms with E-state index in [2.05, 4.69) is 16.4 Å². The Hall–Kier alpha value is -2.31. The van der Waals surface area contributed by atoms with Gasteiger partial charge in [0.25, 0.3) is 5.91 Å². The molecule has 0 saturated heterocycles. The van der Waals surface area contributed by atoms with Crippen LogP contribution in [0.5, 0.6) is 5.75 Å². The summed E-state index contributed by atoms with van der Waals surface area (Å²) in [6, 6.07) is 13.7. The summed E-state index contributed by atoms with van der Waals surface area (Å²) in [5, 5.41) is 5.44. The second-order valence-electron chi connectivity index (χ2n) is 5.64. The Labute approximate surface area is 154 Å². The van der Waals surface area contributed by atoms with Gasteiger partial charge in [-0.15, -0.1) is 23.1 Å². The summed E-state index contributed by atoms with van der Waals surface area (Å²) in [5.74, 6) is 0.817. The predicted molar refractivity (Wildman–Crippen MR) is 103 cm³/mol. The van der Waals surface area contributed by atoms with E-state index < -0.39 is 0 Å². The number of nitrogens with one attached hydrogen (secondary N) is 1. The fraction of sp³-hybridized carbons (Fsp3) is 0.158. The maximum absolute atomic E-state index is 12.3. The number of ether oxygens (including phenoxy) is 1. The van der Waals surface area contributed by atoms with Crippen molar-refractivity contribution >= 4 is 34.1 Å². The van der Waals surface area contributed by atoms with Crippen LogP contribution in [-0.4, -0.2) is 23.8 Å². The summed E-state index contributed by atoms with van der Waals surface area (Å²) < 4.78 is 5.54. The van der Waals surface area contributed by atoms with E-state index in [-0.39, 0.29) is 5.91 Å². The summed E-state index contributed by atoms with van der Waals surface area (Å²) in [6.45, 7) is 0.743. The molecule has 1 amide bonds. The average molecular weight is 368 g/mol. The number of thiazole rings is 1. The van der Waals surface area contributed by atoms with Crippen molar-refractivity contribution in [2.75, 3.05) is 18.2 Å². The Morgan fingerprint density at radius 3 is 2.88 bits per heavy atom. The van der Waals surface area contributed by atoms with Gasteiger partial charge in [-0.1, -0.05) is 0 Å². The average Bonchev–Trinajstić information content (AvgIpc) is 3.30. The molecule has 1 aromatic heterocycles. The number of carbonyl (C=O) groups excluding carboxylic acids is 1. The number of hydrogen-bond acceptors (Lipinski definition) is 5. The number of carbonyl (C=O) groups is 1. The minimum atomic E-state index is -0.143. The largest absolute Gasteiger partial charge is 0.493 e. The highest BCUT2D eigenvalue weighted by Gasteiger charge is 2.15. The first kappa shape index (κ1) is 16.2. The quantitative estimate of drug-likeness (QED) is 0.677. The molecule has 126 valence electrons. The van der Waals surface area contributed by atoms with Crippen molar-refractivity contribution < 1.29 is 9.53 Å². The summed E-state index contributed by atoms with van der Waals surface area (Å²) >= 11 is 3.08. The Kier molecular flexibility index (Phi) is 4.46. The predicted octanol–water partition coefficient (Wildman–Crippen LogP) is 4.72. The molecule has 0 aliphatic carbocycles. The monoisotopic (exact) mass is 368 g/mol. The van der Waals surface area contributed by atoms with Crippen molar-refractivity contribution in [1.29, 1.82) is 0 Å². The van der Waals surface area contributed by atoms with Gasteiger partial charge in [-0.25, -0.2) is 4.98 Å². The number of benzene rings is 2. The molecule has 0 radical (unpaired) electrons. The third-order valence-corrected chi connectivity index (χ3v) is 5.56. The fourth-order valence-corrected chi connectivity index (χ4v) is 3.84. The van der Waals surface area contributed by atoms with Crippen molar-refractivity contribution in [2.24, 2.45) is 0 Å². The van der Waals surface area contributed by atoms with Crippen LogP contribution in [0.2, 0.25) is 0 Å². The number of thioether (sulfide) groups is 1. The van der Waals surface area contributed by atoms with Crippen LogP contribution in [0.1, 0.15) is 15.9 Å². The molecule has 1 aliphatic rings. The lowest BCUT2D eigenvalue weighted by Gasteiger charge is -2.03. The molecule has 1 aliphatic heterocycles. The van der Waals surface area contributed by atoms with E-state index in [0.717, 1.165) is 34.9 Å². The summed E-state index contributed by atoms with van der Waals surface area (Å²) in [7, 11) is 0. The highest BCUT2D eigenvalue weighted by Crippen LogP contribution is 2.32. The van der Waals surface area contributed by atoms with E-state index in [0.29, 0.717) is 10.7 Å². The molecule has 0 unspecified atom stereocenters. The second-order valence-corrected chi connectivity index (χ2v) is 7.38. The molecular weight excluding hydrogens is 352 g/mol. The molecule has 3 aromatic rings. The van der Waals surface area contributed by atoms with Gasteiger partial charge in [0.15, 0.2) is 5.13 Å². The van der Waals surface area contributed by atoms with Crippen LogP contribution in [-0.2, 0) is 6.42 Å². The van der Waals surface area contributed by atoms with Crippen molar-refractivity contribution in [3.8, 4) is 17.0 Å². The molecule has 0 fully saturated rings. The zero-order valence-electron chi connectivity index (χ0n) is 13.6. The van der Waals surface area contributed by atoms with E-state index in [4.69, 9.17) is 4.74 Å². The van der Waals surface area contributed by atoms with Gasteiger partial charge in [0.2, 0.25) is 0 Å². The Bertz CT molecular complexity index is 919. The zero-order chi connectivity index (χ0) is 17.2. The highest BCUT2D eigenvalue weighted by molar-refractivity contribution is 7.98. The molecular formula is C19H16N2O2S2. The first-order valence-electron chi connectivity index (χ1n) is 7.90. The summed E-state index contributed by atoms with van der Waals surface area (Å²) in [6.07, 6.45) is 2.94. The van der Waals surface area contributed by atoms with Gasteiger partial charge in [-0.05, 0) is 54.3 Å². The van der Waals surface area contributed by atoms with Gasteiger partial charge >= 0.3 is 0 Å². The smallest absolute Gasteiger partial charge is 0.257 e. The van der Waals surface area contributed by atoms with Gasteiger partial charge in [-0.3, -0.25) is 10.1 Å². The molecule has 2 heterocycles. The number of anilines is 1. The van der Waals surface area contributed by atoms with E-state index in [1.807, 2.05) is 48.0 Å². The lowest BCUT2D eigenvalue weighted by molar-refractivity contribution is 0.102. The van der Waals surface area contributed by atoms with E-state index in [1.165, 1.54) is 16.9 Å². The number of amides is 1. The number of nitrogens with zero attached hydrogens (tertiary/aromatic N) is 1. The first-order chi connectivity index (χ1) is 12.2. The minimum absolute atomic E-state index is 0.143. The maximum atomic E-state index is 12.3. The van der Waals surface area contributed by atoms with Crippen molar-refractivity contribution in [3.63, 3.8) is 0 Å². The van der Waals surface area contributed by atoms with E-state index >= 15 is 0 Å². The number of aromatic nitrogens is 1. The van der Waals surface area contributed by atoms with Gasteiger partial charge in [-0.2, -0.15) is 0 Å². The zero-order valence-corrected chi connectivity index (χ0v) is 15.2. The summed E-state index contributed by atoms with van der Waals surface area (Å²) in [4.78, 5) is 18.0. The molecule has 0 saturated carbocycles. The molecule has 25 heavy (non-hydrogen) atoms. The molecule has 4 rings (SSSR count). The van der Waals surface area contributed by atoms with Crippen LogP contribution < -0.4 is 10.1 Å². The molecule has 1 N–H and O–H groups in total. The van der Waals surface area contributed by atoms with Gasteiger partial charge in [0, 0.05) is 27.8 Å². The van der Waals surface area contributed by atoms with Crippen molar-refractivity contribution in [3.05, 3.63) is 59.0 Å². The second kappa shape index (κ2) is 6.90. The van der Waals surface area contributed by atoms with Crippen LogP contribution >= 0.6 is 23.1 Å². The highest BCUT2D eigenvalue weighted by atomic mass is 32.2. The topological polar surface area (TPSA) is 51.2 Å². The van der Waals surface area contributed by atoms with Crippen LogP contribution in [0.4, 0.5) is 5.13 Å². The maximum Gasteiger partial charge on any atom is 0.257 e. The standard InChI is InChI=1S/C19H16N2O2S2/c1-24-15-5-2-12(3-6-15)18(22)21-19-20-16(11-25-19)13-4-7-17-14(10-13)8-9-23-17/h2-7,10-11H,8-9H2,1H3,(H,20,21,22). The molecule has 0 atom stereocenters. The molecule has 0 spiro atoms. The third kappa shape index (κ3) is 3.41. The Morgan fingerprint density at radius 2 is 2.08 bits per heavy atom. The van der Waals surface area contributed by atoms with Gasteiger partial charge < -0.3 is 4.74 Å². The van der Waals surface area contributed by atoms with Crippen molar-refractivity contribution in [2.45, 2.75) is 11.3 Å². The molecule has 4 nitrogen and oxygen atoms in total. The summed E-state index contributed by atoms with van der Waals surface area (Å²) in [5.41, 5.74) is 3.76.